The number of hydrogen-bond acceptors (Lipinski definition) is 7. The first kappa shape index (κ1) is 14.3. The van der Waals surface area contributed by atoms with Gasteiger partial charge in [-0.3, -0.25) is 14.1 Å². The average molecular weight is 302 g/mol. The van der Waals surface area contributed by atoms with E-state index in [1.54, 1.807) is 0 Å². The molecule has 0 aliphatic carbocycles. The van der Waals surface area contributed by atoms with Gasteiger partial charge in [0.25, 0.3) is 0 Å². The van der Waals surface area contributed by atoms with Crippen molar-refractivity contribution in [3.63, 3.8) is 0 Å². The Labute approximate surface area is 113 Å². The zero-order chi connectivity index (χ0) is 14.9. The summed E-state index contributed by atoms with van der Waals surface area (Å²) in [6.45, 7) is 0. The first-order chi connectivity index (χ1) is 9.24. The molecule has 0 radical (unpaired) electrons. The number of carbonyl (C=O) groups is 2. The van der Waals surface area contributed by atoms with Crippen LogP contribution < -0.4 is 4.74 Å². The normalized spacial score (nSPS) is 18.1. The SMILES string of the molecule is O=C1CC(CC(=O)OS(=O)(=O)O)c2ccc(O)cc2O1. The van der Waals surface area contributed by atoms with Crippen LogP contribution in [0.15, 0.2) is 18.2 Å². The highest BCUT2D eigenvalue weighted by Crippen LogP contribution is 2.38. The Bertz CT molecular complexity index is 663. The summed E-state index contributed by atoms with van der Waals surface area (Å²) in [4.78, 5) is 22.7. The lowest BCUT2D eigenvalue weighted by molar-refractivity contribution is -0.137. The van der Waals surface area contributed by atoms with Crippen LogP contribution in [0.25, 0.3) is 0 Å². The molecule has 8 nitrogen and oxygen atoms in total. The number of ether oxygens (including phenoxy) is 1. The zero-order valence-electron chi connectivity index (χ0n) is 9.98. The van der Waals surface area contributed by atoms with Gasteiger partial charge in [-0.05, 0) is 11.6 Å². The van der Waals surface area contributed by atoms with Gasteiger partial charge < -0.3 is 14.0 Å². The van der Waals surface area contributed by atoms with E-state index in [9.17, 15) is 23.1 Å². The number of fused-ring (bicyclic) bond motifs is 1. The number of phenols is 1. The van der Waals surface area contributed by atoms with Crippen LogP contribution in [0, 0.1) is 0 Å². The molecule has 1 heterocycles. The van der Waals surface area contributed by atoms with E-state index in [1.165, 1.54) is 18.2 Å². The minimum absolute atomic E-state index is 0.103. The predicted octanol–water partition coefficient (Wildman–Crippen LogP) is 0.521. The lowest BCUT2D eigenvalue weighted by Gasteiger charge is -2.23. The number of hydrogen-bond donors (Lipinski definition) is 2. The summed E-state index contributed by atoms with van der Waals surface area (Å²) in [5, 5.41) is 9.30. The van der Waals surface area contributed by atoms with Crippen LogP contribution >= 0.6 is 0 Å². The number of benzene rings is 1. The van der Waals surface area contributed by atoms with Gasteiger partial charge in [-0.25, -0.2) is 0 Å². The quantitative estimate of drug-likeness (QED) is 0.470. The Morgan fingerprint density at radius 2 is 2.15 bits per heavy atom. The molecule has 0 fully saturated rings. The first-order valence-corrected chi connectivity index (χ1v) is 6.84. The average Bonchev–Trinajstić information content (AvgIpc) is 2.24. The van der Waals surface area contributed by atoms with Crippen LogP contribution in [-0.2, 0) is 24.2 Å². The molecular formula is C11H10O8S. The summed E-state index contributed by atoms with van der Waals surface area (Å²) >= 11 is 0. The van der Waals surface area contributed by atoms with Crippen molar-refractivity contribution in [3.8, 4) is 11.5 Å². The second-order valence-electron chi connectivity index (χ2n) is 4.18. The van der Waals surface area contributed by atoms with Crippen molar-refractivity contribution in [2.75, 3.05) is 0 Å². The highest BCUT2D eigenvalue weighted by Gasteiger charge is 2.30. The fourth-order valence-corrected chi connectivity index (χ4v) is 2.26. The monoisotopic (exact) mass is 302 g/mol. The Hall–Kier alpha value is -2.13. The molecule has 1 atom stereocenters. The fourth-order valence-electron chi connectivity index (χ4n) is 1.96. The maximum Gasteiger partial charge on any atom is 0.448 e. The molecule has 20 heavy (non-hydrogen) atoms. The van der Waals surface area contributed by atoms with Crippen molar-refractivity contribution in [3.05, 3.63) is 23.8 Å². The topological polar surface area (TPSA) is 127 Å². The molecule has 0 bridgehead atoms. The molecular weight excluding hydrogens is 292 g/mol. The molecule has 2 N–H and O–H groups in total. The van der Waals surface area contributed by atoms with Gasteiger partial charge in [0.15, 0.2) is 0 Å². The maximum absolute atomic E-state index is 11.4. The van der Waals surface area contributed by atoms with Crippen molar-refractivity contribution in [2.45, 2.75) is 18.8 Å². The van der Waals surface area contributed by atoms with E-state index >= 15 is 0 Å². The third-order valence-corrected chi connectivity index (χ3v) is 3.08. The fraction of sp³-hybridized carbons (Fsp3) is 0.273. The van der Waals surface area contributed by atoms with Crippen LogP contribution in [0.3, 0.4) is 0 Å². The van der Waals surface area contributed by atoms with Gasteiger partial charge in [0.2, 0.25) is 0 Å². The van der Waals surface area contributed by atoms with Gasteiger partial charge in [-0.2, -0.15) is 8.42 Å². The molecule has 1 aliphatic heterocycles. The van der Waals surface area contributed by atoms with Crippen molar-refractivity contribution >= 4 is 22.3 Å². The van der Waals surface area contributed by atoms with Gasteiger partial charge in [0.1, 0.15) is 11.5 Å². The molecule has 1 aliphatic rings. The van der Waals surface area contributed by atoms with Gasteiger partial charge in [-0.1, -0.05) is 6.07 Å². The maximum atomic E-state index is 11.4. The Morgan fingerprint density at radius 3 is 2.80 bits per heavy atom. The molecule has 1 aromatic rings. The molecule has 0 spiro atoms. The summed E-state index contributed by atoms with van der Waals surface area (Å²) in [5.74, 6) is -2.47. The Morgan fingerprint density at radius 1 is 1.45 bits per heavy atom. The highest BCUT2D eigenvalue weighted by molar-refractivity contribution is 7.81. The first-order valence-electron chi connectivity index (χ1n) is 5.48. The van der Waals surface area contributed by atoms with E-state index in [0.717, 1.165) is 0 Å². The molecule has 0 saturated heterocycles. The minimum atomic E-state index is -4.88. The third-order valence-electron chi connectivity index (χ3n) is 2.69. The molecule has 1 unspecified atom stereocenters. The van der Waals surface area contributed by atoms with Gasteiger partial charge in [-0.15, -0.1) is 0 Å². The van der Waals surface area contributed by atoms with Crippen LogP contribution in [0.1, 0.15) is 24.3 Å². The van der Waals surface area contributed by atoms with Crippen molar-refractivity contribution < 1.29 is 36.6 Å². The highest BCUT2D eigenvalue weighted by atomic mass is 32.3. The van der Waals surface area contributed by atoms with E-state index in [2.05, 4.69) is 4.18 Å². The molecule has 9 heteroatoms. The molecule has 1 aromatic carbocycles. The second-order valence-corrected chi connectivity index (χ2v) is 5.21. The van der Waals surface area contributed by atoms with Gasteiger partial charge in [0, 0.05) is 12.0 Å². The molecule has 0 amide bonds. The summed E-state index contributed by atoms with van der Waals surface area (Å²) in [7, 11) is -4.88. The smallest absolute Gasteiger partial charge is 0.448 e. The van der Waals surface area contributed by atoms with Crippen LogP contribution in [0.2, 0.25) is 0 Å². The summed E-state index contributed by atoms with van der Waals surface area (Å²) in [6, 6.07) is 4.02. The third kappa shape index (κ3) is 3.45. The largest absolute Gasteiger partial charge is 0.508 e. The Balaban J connectivity index is 2.21. The predicted molar refractivity (Wildman–Crippen MR) is 63.4 cm³/mol. The lowest BCUT2D eigenvalue weighted by atomic mass is 9.90. The van der Waals surface area contributed by atoms with Gasteiger partial charge >= 0.3 is 22.3 Å². The zero-order valence-corrected chi connectivity index (χ0v) is 10.8. The van der Waals surface area contributed by atoms with Gasteiger partial charge in [0.05, 0.1) is 12.8 Å². The lowest BCUT2D eigenvalue weighted by Crippen LogP contribution is -2.23. The number of rotatable bonds is 3. The summed E-state index contributed by atoms with van der Waals surface area (Å²) in [5.41, 5.74) is 0.467. The molecule has 108 valence electrons. The van der Waals surface area contributed by atoms with Crippen LogP contribution in [-0.4, -0.2) is 30.0 Å². The van der Waals surface area contributed by atoms with E-state index in [4.69, 9.17) is 9.29 Å². The molecule has 0 saturated carbocycles. The van der Waals surface area contributed by atoms with Crippen molar-refractivity contribution in [1.82, 2.24) is 0 Å². The standard InChI is InChI=1S/C11H10O8S/c12-7-1-2-8-6(3-10(13)18-9(8)5-7)4-11(14)19-20(15,16)17/h1-2,5-6,12H,3-4H2,(H,15,16,17). The second kappa shape index (κ2) is 5.10. The van der Waals surface area contributed by atoms with Crippen LogP contribution in [0.4, 0.5) is 0 Å². The van der Waals surface area contributed by atoms with Crippen molar-refractivity contribution in [1.29, 1.82) is 0 Å². The summed E-state index contributed by atoms with van der Waals surface area (Å²) < 4.78 is 38.0. The van der Waals surface area contributed by atoms with E-state index < -0.39 is 34.7 Å². The number of carbonyl (C=O) groups excluding carboxylic acids is 2. The minimum Gasteiger partial charge on any atom is -0.508 e. The van der Waals surface area contributed by atoms with E-state index in [0.29, 0.717) is 5.56 Å². The molecule has 2 rings (SSSR count). The van der Waals surface area contributed by atoms with E-state index in [1.807, 2.05) is 0 Å². The number of esters is 1. The number of aromatic hydroxyl groups is 1. The van der Waals surface area contributed by atoms with Crippen molar-refractivity contribution in [2.24, 2.45) is 0 Å². The summed E-state index contributed by atoms with van der Waals surface area (Å²) in [6.07, 6.45) is -0.564. The Kier molecular flexibility index (Phi) is 3.64. The van der Waals surface area contributed by atoms with Crippen LogP contribution in [0.5, 0.6) is 11.5 Å². The number of phenolic OH excluding ortho intramolecular Hbond substituents is 1. The molecule has 0 aromatic heterocycles. The van der Waals surface area contributed by atoms with E-state index in [-0.39, 0.29) is 17.9 Å².